The molecule has 0 heterocycles. The normalized spacial score (nSPS) is 5.75. The van der Waals surface area contributed by atoms with Crippen molar-refractivity contribution in [2.45, 2.75) is 0 Å². The van der Waals surface area contributed by atoms with Gasteiger partial charge in [-0.2, -0.15) is 0 Å². The topological polar surface area (TPSA) is 52.3 Å². The van der Waals surface area contributed by atoms with Crippen LogP contribution in [0.5, 0.6) is 0 Å². The molecule has 0 aromatic carbocycles. The summed E-state index contributed by atoms with van der Waals surface area (Å²) >= 11 is 0. The number of ether oxygens (including phenoxy) is 1. The average Bonchev–Trinajstić information content (AvgIpc) is 1.65. The van der Waals surface area contributed by atoms with E-state index in [0.29, 0.717) is 0 Å². The van der Waals surface area contributed by atoms with Gasteiger partial charge in [-0.3, -0.25) is 4.79 Å². The molecule has 0 aliphatic heterocycles. The Morgan fingerprint density at radius 1 is 1.62 bits per heavy atom. The van der Waals surface area contributed by atoms with E-state index in [2.05, 4.69) is 4.74 Å². The fourth-order valence-electron chi connectivity index (χ4n) is 0.0833. The summed E-state index contributed by atoms with van der Waals surface area (Å²) in [5.74, 6) is -0.380. The Morgan fingerprint density at radius 2 is 2.00 bits per heavy atom. The Morgan fingerprint density at radius 3 is 2.00 bits per heavy atom. The summed E-state index contributed by atoms with van der Waals surface area (Å²) < 4.78 is 4.14. The minimum absolute atomic E-state index is 0. The molecule has 0 saturated heterocycles. The first kappa shape index (κ1) is 16.2. The van der Waals surface area contributed by atoms with E-state index < -0.39 is 0 Å². The summed E-state index contributed by atoms with van der Waals surface area (Å²) in [7, 11) is 1.30. The van der Waals surface area contributed by atoms with Crippen LogP contribution in [0.1, 0.15) is 0 Å². The van der Waals surface area contributed by atoms with Crippen molar-refractivity contribution in [2.75, 3.05) is 13.7 Å². The van der Waals surface area contributed by atoms with Gasteiger partial charge >= 0.3 is 65.1 Å². The standard InChI is InChI=1S/C3H7NO2.2Na.2H/c1-6-3(5)2-4;;;;/h2,4H2,1H3;;;;. The zero-order chi connectivity index (χ0) is 4.99. The first-order chi connectivity index (χ1) is 2.81. The number of methoxy groups -OCH3 is 1. The molecule has 0 aliphatic rings. The van der Waals surface area contributed by atoms with E-state index in [1.165, 1.54) is 7.11 Å². The van der Waals surface area contributed by atoms with Gasteiger partial charge in [0.15, 0.2) is 0 Å². The van der Waals surface area contributed by atoms with Gasteiger partial charge in [-0.1, -0.05) is 0 Å². The molecule has 0 fully saturated rings. The first-order valence-corrected chi connectivity index (χ1v) is 1.58. The molecule has 2 N–H and O–H groups in total. The van der Waals surface area contributed by atoms with E-state index in [4.69, 9.17) is 5.73 Å². The molecule has 5 heteroatoms. The Hall–Kier alpha value is 1.43. The van der Waals surface area contributed by atoms with Gasteiger partial charge in [0.1, 0.15) is 0 Å². The van der Waals surface area contributed by atoms with E-state index in [0.717, 1.165) is 0 Å². The molecule has 0 saturated carbocycles. The number of rotatable bonds is 1. The maximum atomic E-state index is 9.83. The van der Waals surface area contributed by atoms with E-state index in [-0.39, 0.29) is 71.6 Å². The van der Waals surface area contributed by atoms with Crippen molar-refractivity contribution >= 4 is 65.1 Å². The van der Waals surface area contributed by atoms with Gasteiger partial charge in [-0.25, -0.2) is 0 Å². The van der Waals surface area contributed by atoms with Gasteiger partial charge in [0.25, 0.3) is 0 Å². The number of nitrogens with two attached hydrogens (primary N) is 1. The van der Waals surface area contributed by atoms with Crippen molar-refractivity contribution in [3.8, 4) is 0 Å². The van der Waals surface area contributed by atoms with Gasteiger partial charge in [-0.15, -0.1) is 0 Å². The molecule has 0 aliphatic carbocycles. The maximum absolute atomic E-state index is 9.83. The SMILES string of the molecule is COC(=O)CN.[NaH].[NaH]. The molecular weight excluding hydrogens is 128 g/mol. The Bertz CT molecular complexity index is 53.2. The number of carbonyl (C=O) groups is 1. The van der Waals surface area contributed by atoms with Crippen LogP contribution in [0.15, 0.2) is 0 Å². The predicted octanol–water partition coefficient (Wildman–Crippen LogP) is -2.18. The summed E-state index contributed by atoms with van der Waals surface area (Å²) in [6, 6.07) is 0. The summed E-state index contributed by atoms with van der Waals surface area (Å²) in [5.41, 5.74) is 4.81. The third kappa shape index (κ3) is 10.4. The quantitative estimate of drug-likeness (QED) is 0.330. The number of esters is 1. The van der Waals surface area contributed by atoms with Gasteiger partial charge in [0.05, 0.1) is 13.7 Å². The Balaban J connectivity index is -0.000000125. The van der Waals surface area contributed by atoms with Crippen LogP contribution in [0.3, 0.4) is 0 Å². The monoisotopic (exact) mass is 137 g/mol. The molecule has 0 rings (SSSR count). The van der Waals surface area contributed by atoms with E-state index in [1.807, 2.05) is 0 Å². The second kappa shape index (κ2) is 11.3. The zero-order valence-electron chi connectivity index (χ0n) is 3.60. The molecule has 0 atom stereocenters. The summed E-state index contributed by atoms with van der Waals surface area (Å²) in [6.45, 7) is -0.0312. The van der Waals surface area contributed by atoms with Crippen LogP contribution in [-0.2, 0) is 9.53 Å². The van der Waals surface area contributed by atoms with Gasteiger partial charge in [-0.05, 0) is 0 Å². The fourth-order valence-corrected chi connectivity index (χ4v) is 0.0833. The molecule has 0 radical (unpaired) electrons. The third-order valence-electron chi connectivity index (χ3n) is 0.394. The van der Waals surface area contributed by atoms with Crippen molar-refractivity contribution in [3.05, 3.63) is 0 Å². The Labute approximate surface area is 92.9 Å². The second-order valence-electron chi connectivity index (χ2n) is 0.780. The van der Waals surface area contributed by atoms with Crippen LogP contribution in [0.25, 0.3) is 0 Å². The van der Waals surface area contributed by atoms with Crippen LogP contribution in [0, 0.1) is 0 Å². The van der Waals surface area contributed by atoms with Crippen molar-refractivity contribution in [2.24, 2.45) is 5.73 Å². The Kier molecular flexibility index (Phi) is 22.8. The molecule has 40 valence electrons. The molecule has 0 aromatic rings. The van der Waals surface area contributed by atoms with E-state index in [1.54, 1.807) is 0 Å². The van der Waals surface area contributed by atoms with Crippen LogP contribution < -0.4 is 5.73 Å². The van der Waals surface area contributed by atoms with Crippen LogP contribution in [0.2, 0.25) is 0 Å². The van der Waals surface area contributed by atoms with Crippen molar-refractivity contribution in [3.63, 3.8) is 0 Å². The second-order valence-corrected chi connectivity index (χ2v) is 0.780. The zero-order valence-corrected chi connectivity index (χ0v) is 3.60. The molecule has 0 amide bonds. The van der Waals surface area contributed by atoms with Gasteiger partial charge < -0.3 is 10.5 Å². The summed E-state index contributed by atoms with van der Waals surface area (Å²) in [5, 5.41) is 0. The molecule has 0 aromatic heterocycles. The van der Waals surface area contributed by atoms with Crippen molar-refractivity contribution in [1.82, 2.24) is 0 Å². The molecular formula is C3H9NNa2O2. The predicted molar refractivity (Wildman–Crippen MR) is 35.4 cm³/mol. The number of carbonyl (C=O) groups excluding carboxylic acids is 1. The van der Waals surface area contributed by atoms with E-state index in [9.17, 15) is 4.79 Å². The fraction of sp³-hybridized carbons (Fsp3) is 0.667. The molecule has 0 spiro atoms. The summed E-state index contributed by atoms with van der Waals surface area (Å²) in [4.78, 5) is 9.83. The minimum atomic E-state index is -0.380. The third-order valence-corrected chi connectivity index (χ3v) is 0.394. The first-order valence-electron chi connectivity index (χ1n) is 1.58. The number of hydrogen-bond donors (Lipinski definition) is 1. The number of hydrogen-bond acceptors (Lipinski definition) is 3. The van der Waals surface area contributed by atoms with Gasteiger partial charge in [0.2, 0.25) is 0 Å². The van der Waals surface area contributed by atoms with Crippen molar-refractivity contribution in [1.29, 1.82) is 0 Å². The molecule has 3 nitrogen and oxygen atoms in total. The molecule has 0 unspecified atom stereocenters. The summed E-state index contributed by atoms with van der Waals surface area (Å²) in [6.07, 6.45) is 0. The average molecular weight is 137 g/mol. The molecule has 8 heavy (non-hydrogen) atoms. The van der Waals surface area contributed by atoms with Crippen LogP contribution in [0.4, 0.5) is 0 Å². The van der Waals surface area contributed by atoms with Gasteiger partial charge in [0, 0.05) is 0 Å². The van der Waals surface area contributed by atoms with Crippen LogP contribution >= 0.6 is 0 Å². The van der Waals surface area contributed by atoms with Crippen LogP contribution in [-0.4, -0.2) is 78.7 Å². The van der Waals surface area contributed by atoms with Crippen molar-refractivity contribution < 1.29 is 9.53 Å². The van der Waals surface area contributed by atoms with E-state index >= 15 is 0 Å². The molecule has 0 bridgehead atoms.